The van der Waals surface area contributed by atoms with E-state index in [2.05, 4.69) is 5.16 Å². The number of carbonyl (C=O) groups is 1. The fourth-order valence-corrected chi connectivity index (χ4v) is 2.34. The van der Waals surface area contributed by atoms with E-state index in [1.807, 2.05) is 0 Å². The van der Waals surface area contributed by atoms with Crippen LogP contribution in [-0.2, 0) is 9.84 Å². The van der Waals surface area contributed by atoms with Crippen LogP contribution in [0.5, 0.6) is 0 Å². The van der Waals surface area contributed by atoms with Gasteiger partial charge in [-0.2, -0.15) is 0 Å². The molecule has 0 atom stereocenters. The number of rotatable bonds is 5. The third-order valence-corrected chi connectivity index (χ3v) is 4.00. The SMILES string of the molecule is CC(C)N(CC(N)=NO)C(=O)c1ccc(S(C)(=O)=O)cc1. The average molecular weight is 313 g/mol. The topological polar surface area (TPSA) is 113 Å². The van der Waals surface area contributed by atoms with Gasteiger partial charge in [0.05, 0.1) is 11.4 Å². The maximum atomic E-state index is 12.4. The highest BCUT2D eigenvalue weighted by Gasteiger charge is 2.20. The molecule has 0 aliphatic carbocycles. The van der Waals surface area contributed by atoms with Gasteiger partial charge in [0.1, 0.15) is 0 Å². The molecule has 1 aromatic rings. The fourth-order valence-electron chi connectivity index (χ4n) is 1.71. The number of benzene rings is 1. The van der Waals surface area contributed by atoms with Crippen LogP contribution in [0.2, 0.25) is 0 Å². The maximum absolute atomic E-state index is 12.4. The molecule has 0 fully saturated rings. The monoisotopic (exact) mass is 313 g/mol. The predicted molar refractivity (Wildman–Crippen MR) is 79.1 cm³/mol. The van der Waals surface area contributed by atoms with E-state index >= 15 is 0 Å². The summed E-state index contributed by atoms with van der Waals surface area (Å²) < 4.78 is 22.8. The van der Waals surface area contributed by atoms with Crippen LogP contribution in [0.1, 0.15) is 24.2 Å². The zero-order valence-electron chi connectivity index (χ0n) is 12.1. The lowest BCUT2D eigenvalue weighted by Gasteiger charge is -2.26. The van der Waals surface area contributed by atoms with E-state index in [-0.39, 0.29) is 29.2 Å². The summed E-state index contributed by atoms with van der Waals surface area (Å²) in [6.07, 6.45) is 1.10. The molecule has 0 saturated heterocycles. The molecule has 0 saturated carbocycles. The smallest absolute Gasteiger partial charge is 0.254 e. The first-order chi connectivity index (χ1) is 9.66. The normalized spacial score (nSPS) is 12.5. The summed E-state index contributed by atoms with van der Waals surface area (Å²) >= 11 is 0. The Labute approximate surface area is 124 Å². The van der Waals surface area contributed by atoms with Crippen LogP contribution in [0, 0.1) is 0 Å². The van der Waals surface area contributed by atoms with Gasteiger partial charge in [-0.3, -0.25) is 4.79 Å². The van der Waals surface area contributed by atoms with Crippen molar-refractivity contribution in [2.24, 2.45) is 10.9 Å². The van der Waals surface area contributed by atoms with Crippen molar-refractivity contribution in [3.8, 4) is 0 Å². The molecule has 116 valence electrons. The Balaban J connectivity index is 3.05. The first kappa shape index (κ1) is 17.0. The van der Waals surface area contributed by atoms with Crippen LogP contribution in [0.3, 0.4) is 0 Å². The van der Waals surface area contributed by atoms with Gasteiger partial charge in [0, 0.05) is 17.9 Å². The molecular weight excluding hydrogens is 294 g/mol. The minimum atomic E-state index is -3.30. The zero-order chi connectivity index (χ0) is 16.2. The first-order valence-corrected chi connectivity index (χ1v) is 8.13. The number of hydrogen-bond donors (Lipinski definition) is 2. The highest BCUT2D eigenvalue weighted by Crippen LogP contribution is 2.13. The maximum Gasteiger partial charge on any atom is 0.254 e. The van der Waals surface area contributed by atoms with Gasteiger partial charge in [0.15, 0.2) is 15.7 Å². The van der Waals surface area contributed by atoms with Gasteiger partial charge in [-0.25, -0.2) is 8.42 Å². The summed E-state index contributed by atoms with van der Waals surface area (Å²) in [5, 5.41) is 11.5. The zero-order valence-corrected chi connectivity index (χ0v) is 13.0. The van der Waals surface area contributed by atoms with Gasteiger partial charge in [-0.1, -0.05) is 5.16 Å². The molecular formula is C13H19N3O4S. The van der Waals surface area contributed by atoms with Crippen LogP contribution < -0.4 is 5.73 Å². The summed E-state index contributed by atoms with van der Waals surface area (Å²) in [5.41, 5.74) is 5.77. The molecule has 1 amide bonds. The largest absolute Gasteiger partial charge is 0.409 e. The molecule has 0 spiro atoms. The van der Waals surface area contributed by atoms with E-state index in [0.717, 1.165) is 6.26 Å². The first-order valence-electron chi connectivity index (χ1n) is 6.24. The number of oxime groups is 1. The average Bonchev–Trinajstić information content (AvgIpc) is 2.42. The van der Waals surface area contributed by atoms with E-state index in [1.54, 1.807) is 13.8 Å². The Kier molecular flexibility index (Phi) is 5.31. The number of sulfone groups is 1. The van der Waals surface area contributed by atoms with E-state index in [1.165, 1.54) is 29.2 Å². The summed E-state index contributed by atoms with van der Waals surface area (Å²) in [5.74, 6) is -0.401. The van der Waals surface area contributed by atoms with Crippen LogP contribution in [0.25, 0.3) is 0 Å². The van der Waals surface area contributed by atoms with Gasteiger partial charge in [-0.15, -0.1) is 0 Å². The summed E-state index contributed by atoms with van der Waals surface area (Å²) in [6.45, 7) is 3.58. The minimum absolute atomic E-state index is 0.0131. The molecule has 7 nitrogen and oxygen atoms in total. The Bertz CT molecular complexity index is 636. The molecule has 0 aromatic heterocycles. The van der Waals surface area contributed by atoms with Crippen LogP contribution in [0.4, 0.5) is 0 Å². The van der Waals surface area contributed by atoms with Crippen molar-refractivity contribution >= 4 is 21.6 Å². The molecule has 21 heavy (non-hydrogen) atoms. The summed E-state index contributed by atoms with van der Waals surface area (Å²) in [4.78, 5) is 13.9. The number of carbonyl (C=O) groups excluding carboxylic acids is 1. The van der Waals surface area contributed by atoms with Gasteiger partial charge in [-0.05, 0) is 38.1 Å². The fraction of sp³-hybridized carbons (Fsp3) is 0.385. The van der Waals surface area contributed by atoms with Crippen LogP contribution in [0.15, 0.2) is 34.3 Å². The second-order valence-electron chi connectivity index (χ2n) is 4.91. The van der Waals surface area contributed by atoms with E-state index < -0.39 is 9.84 Å². The second kappa shape index (κ2) is 6.57. The number of amides is 1. The molecule has 0 aliphatic heterocycles. The third kappa shape index (κ3) is 4.45. The van der Waals surface area contributed by atoms with E-state index in [4.69, 9.17) is 10.9 Å². The van der Waals surface area contributed by atoms with Crippen molar-refractivity contribution in [3.05, 3.63) is 29.8 Å². The number of amidine groups is 1. The predicted octanol–water partition coefficient (Wildman–Crippen LogP) is 0.687. The van der Waals surface area contributed by atoms with Crippen molar-refractivity contribution < 1.29 is 18.4 Å². The molecule has 8 heteroatoms. The summed E-state index contributed by atoms with van der Waals surface area (Å²) in [7, 11) is -3.30. The molecule has 0 unspecified atom stereocenters. The van der Waals surface area contributed by atoms with Gasteiger partial charge < -0.3 is 15.8 Å². The number of hydrogen-bond acceptors (Lipinski definition) is 5. The Morgan fingerprint density at radius 3 is 2.24 bits per heavy atom. The quantitative estimate of drug-likeness (QED) is 0.359. The van der Waals surface area contributed by atoms with Crippen molar-refractivity contribution in [1.29, 1.82) is 0 Å². The lowest BCUT2D eigenvalue weighted by molar-refractivity contribution is 0.0734. The third-order valence-electron chi connectivity index (χ3n) is 2.87. The second-order valence-corrected chi connectivity index (χ2v) is 6.93. The Morgan fingerprint density at radius 2 is 1.86 bits per heavy atom. The molecule has 1 rings (SSSR count). The van der Waals surface area contributed by atoms with Crippen LogP contribution >= 0.6 is 0 Å². The van der Waals surface area contributed by atoms with Crippen molar-refractivity contribution in [3.63, 3.8) is 0 Å². The van der Waals surface area contributed by atoms with Gasteiger partial charge in [0.25, 0.3) is 5.91 Å². The van der Waals surface area contributed by atoms with Gasteiger partial charge >= 0.3 is 0 Å². The standard InChI is InChI=1S/C13H19N3O4S/c1-9(2)16(8-12(14)15-18)13(17)10-4-6-11(7-5-10)21(3,19)20/h4-7,9,18H,8H2,1-3H3,(H2,14,15). The lowest BCUT2D eigenvalue weighted by Crippen LogP contribution is -2.42. The van der Waals surface area contributed by atoms with Crippen LogP contribution in [-0.4, -0.2) is 49.1 Å². The lowest BCUT2D eigenvalue weighted by atomic mass is 10.1. The molecule has 0 aliphatic rings. The molecule has 0 radical (unpaired) electrons. The Hall–Kier alpha value is -2.09. The van der Waals surface area contributed by atoms with Crippen molar-refractivity contribution in [1.82, 2.24) is 4.90 Å². The highest BCUT2D eigenvalue weighted by atomic mass is 32.2. The molecule has 1 aromatic carbocycles. The highest BCUT2D eigenvalue weighted by molar-refractivity contribution is 7.90. The van der Waals surface area contributed by atoms with Gasteiger partial charge in [0.2, 0.25) is 0 Å². The van der Waals surface area contributed by atoms with Crippen molar-refractivity contribution in [2.45, 2.75) is 24.8 Å². The van der Waals surface area contributed by atoms with Crippen molar-refractivity contribution in [2.75, 3.05) is 12.8 Å². The molecule has 3 N–H and O–H groups in total. The molecule has 0 heterocycles. The number of nitrogens with zero attached hydrogens (tertiary/aromatic N) is 2. The van der Waals surface area contributed by atoms with E-state index in [9.17, 15) is 13.2 Å². The summed E-state index contributed by atoms with van der Waals surface area (Å²) in [6, 6.07) is 5.49. The molecule has 0 bridgehead atoms. The minimum Gasteiger partial charge on any atom is -0.409 e. The Morgan fingerprint density at radius 1 is 1.33 bits per heavy atom. The number of nitrogens with two attached hydrogens (primary N) is 1. The van der Waals surface area contributed by atoms with E-state index in [0.29, 0.717) is 5.56 Å².